The SMILES string of the molecule is CC[C@H](C)[C@H](N=C1NS(=O)(=O)c2ccccc21)C(=O)NNC(=O)c1cc(Cl)ccc1O. The molecule has 2 aromatic rings. The van der Waals surface area contributed by atoms with E-state index in [1.54, 1.807) is 25.1 Å². The molecule has 9 nitrogen and oxygen atoms in total. The van der Waals surface area contributed by atoms with E-state index < -0.39 is 27.9 Å². The van der Waals surface area contributed by atoms with Crippen LogP contribution in [0, 0.1) is 5.92 Å². The average molecular weight is 465 g/mol. The van der Waals surface area contributed by atoms with Crippen molar-refractivity contribution in [3.05, 3.63) is 58.6 Å². The highest BCUT2D eigenvalue weighted by Crippen LogP contribution is 2.24. The van der Waals surface area contributed by atoms with Crippen molar-refractivity contribution < 1.29 is 23.1 Å². The molecule has 4 N–H and O–H groups in total. The smallest absolute Gasteiger partial charge is 0.273 e. The highest BCUT2D eigenvalue weighted by atomic mass is 35.5. The molecule has 2 aromatic carbocycles. The Morgan fingerprint density at radius 2 is 1.90 bits per heavy atom. The Kier molecular flexibility index (Phi) is 6.51. The molecule has 1 aliphatic heterocycles. The van der Waals surface area contributed by atoms with Crippen LogP contribution in [0.15, 0.2) is 52.4 Å². The summed E-state index contributed by atoms with van der Waals surface area (Å²) >= 11 is 5.84. The van der Waals surface area contributed by atoms with Gasteiger partial charge in [0.05, 0.1) is 10.5 Å². The molecule has 31 heavy (non-hydrogen) atoms. The van der Waals surface area contributed by atoms with E-state index in [0.29, 0.717) is 12.0 Å². The first-order chi connectivity index (χ1) is 14.6. The van der Waals surface area contributed by atoms with Crippen molar-refractivity contribution in [1.82, 2.24) is 15.6 Å². The molecule has 2 amide bonds. The van der Waals surface area contributed by atoms with Crippen LogP contribution in [-0.2, 0) is 14.8 Å². The normalized spacial score (nSPS) is 17.3. The van der Waals surface area contributed by atoms with E-state index in [9.17, 15) is 23.1 Å². The van der Waals surface area contributed by atoms with Gasteiger partial charge in [0.25, 0.3) is 21.8 Å². The number of halogens is 1. The number of aromatic hydroxyl groups is 1. The second kappa shape index (κ2) is 8.94. The standard InChI is InChI=1S/C20H21ClN4O5S/c1-3-11(2)17(22-18-13-6-4-5-7-16(13)31(29,30)25-18)20(28)24-23-19(27)14-10-12(21)8-9-15(14)26/h4-11,17,26H,3H2,1-2H3,(H,22,25)(H,23,27)(H,24,28)/t11-,17-/m0/s1. The van der Waals surface area contributed by atoms with Gasteiger partial charge in [0.2, 0.25) is 0 Å². The van der Waals surface area contributed by atoms with Gasteiger partial charge in [-0.15, -0.1) is 0 Å². The van der Waals surface area contributed by atoms with E-state index in [4.69, 9.17) is 11.6 Å². The molecule has 0 spiro atoms. The zero-order chi connectivity index (χ0) is 22.8. The summed E-state index contributed by atoms with van der Waals surface area (Å²) < 4.78 is 27.0. The number of fused-ring (bicyclic) bond motifs is 1. The third-order valence-corrected chi connectivity index (χ3v) is 6.52. The number of aliphatic imine (C=N–C) groups is 1. The van der Waals surface area contributed by atoms with E-state index in [1.807, 2.05) is 6.92 Å². The van der Waals surface area contributed by atoms with Gasteiger partial charge in [-0.3, -0.25) is 30.2 Å². The molecule has 164 valence electrons. The molecule has 0 radical (unpaired) electrons. The Morgan fingerprint density at radius 3 is 2.61 bits per heavy atom. The first-order valence-electron chi connectivity index (χ1n) is 9.42. The van der Waals surface area contributed by atoms with Crippen molar-refractivity contribution in [3.8, 4) is 5.75 Å². The molecular formula is C20H21ClN4O5S. The van der Waals surface area contributed by atoms with Gasteiger partial charge in [-0.25, -0.2) is 8.42 Å². The number of phenolic OH excluding ortho intramolecular Hbond substituents is 1. The number of nitrogens with zero attached hydrogens (tertiary/aromatic N) is 1. The van der Waals surface area contributed by atoms with E-state index in [0.717, 1.165) is 0 Å². The van der Waals surface area contributed by atoms with E-state index in [2.05, 4.69) is 20.6 Å². The summed E-state index contributed by atoms with van der Waals surface area (Å²) in [5.74, 6) is -1.90. The summed E-state index contributed by atoms with van der Waals surface area (Å²) in [6.45, 7) is 3.65. The Balaban J connectivity index is 1.82. The molecule has 0 bridgehead atoms. The summed E-state index contributed by atoms with van der Waals surface area (Å²) in [6, 6.07) is 9.28. The maximum absolute atomic E-state index is 12.8. The number of carbonyl (C=O) groups is 2. The Bertz CT molecular complexity index is 1170. The maximum atomic E-state index is 12.8. The molecule has 3 rings (SSSR count). The lowest BCUT2D eigenvalue weighted by molar-refractivity contribution is -0.124. The fourth-order valence-electron chi connectivity index (χ4n) is 2.99. The minimum absolute atomic E-state index is 0.0647. The maximum Gasteiger partial charge on any atom is 0.273 e. The highest BCUT2D eigenvalue weighted by Gasteiger charge is 2.33. The Labute approximate surface area is 184 Å². The zero-order valence-electron chi connectivity index (χ0n) is 16.7. The number of hydrazine groups is 1. The number of rotatable bonds is 5. The molecule has 0 fully saturated rings. The van der Waals surface area contributed by atoms with Crippen LogP contribution in [0.2, 0.25) is 5.02 Å². The number of hydrogen-bond donors (Lipinski definition) is 4. The van der Waals surface area contributed by atoms with E-state index >= 15 is 0 Å². The zero-order valence-corrected chi connectivity index (χ0v) is 18.3. The molecule has 0 unspecified atom stereocenters. The summed E-state index contributed by atoms with van der Waals surface area (Å²) in [4.78, 5) is 29.5. The fraction of sp³-hybridized carbons (Fsp3) is 0.250. The number of phenols is 1. The number of amidine groups is 1. The van der Waals surface area contributed by atoms with Gasteiger partial charge >= 0.3 is 0 Å². The molecule has 11 heteroatoms. The van der Waals surface area contributed by atoms with Crippen LogP contribution in [-0.4, -0.2) is 37.2 Å². The van der Waals surface area contributed by atoms with Crippen LogP contribution in [0.1, 0.15) is 36.2 Å². The van der Waals surface area contributed by atoms with Gasteiger partial charge < -0.3 is 5.11 Å². The first kappa shape index (κ1) is 22.6. The highest BCUT2D eigenvalue weighted by molar-refractivity contribution is 7.90. The Hall–Kier alpha value is -3.11. The second-order valence-electron chi connectivity index (χ2n) is 7.01. The van der Waals surface area contributed by atoms with E-state index in [1.165, 1.54) is 24.3 Å². The lowest BCUT2D eigenvalue weighted by Gasteiger charge is -2.19. The van der Waals surface area contributed by atoms with Crippen molar-refractivity contribution in [2.75, 3.05) is 0 Å². The molecule has 1 aliphatic rings. The van der Waals surface area contributed by atoms with Crippen LogP contribution in [0.5, 0.6) is 5.75 Å². The largest absolute Gasteiger partial charge is 0.507 e. The topological polar surface area (TPSA) is 137 Å². The average Bonchev–Trinajstić information content (AvgIpc) is 3.01. The third kappa shape index (κ3) is 4.80. The molecule has 0 saturated carbocycles. The number of benzene rings is 2. The lowest BCUT2D eigenvalue weighted by Crippen LogP contribution is -2.48. The van der Waals surface area contributed by atoms with Crippen molar-refractivity contribution in [2.45, 2.75) is 31.2 Å². The first-order valence-corrected chi connectivity index (χ1v) is 11.3. The molecule has 0 saturated heterocycles. The number of sulfonamides is 1. The van der Waals surface area contributed by atoms with E-state index in [-0.39, 0.29) is 33.0 Å². The molecular weight excluding hydrogens is 444 g/mol. The van der Waals surface area contributed by atoms with Crippen molar-refractivity contribution in [3.63, 3.8) is 0 Å². The van der Waals surface area contributed by atoms with Gasteiger partial charge in [-0.2, -0.15) is 0 Å². The third-order valence-electron chi connectivity index (χ3n) is 4.88. The lowest BCUT2D eigenvalue weighted by atomic mass is 9.99. The van der Waals surface area contributed by atoms with Gasteiger partial charge in [-0.05, 0) is 36.2 Å². The van der Waals surface area contributed by atoms with Crippen molar-refractivity contribution in [1.29, 1.82) is 0 Å². The molecule has 2 atom stereocenters. The van der Waals surface area contributed by atoms with Crippen LogP contribution in [0.4, 0.5) is 0 Å². The van der Waals surface area contributed by atoms with Crippen LogP contribution < -0.4 is 15.6 Å². The van der Waals surface area contributed by atoms with Crippen LogP contribution in [0.3, 0.4) is 0 Å². The van der Waals surface area contributed by atoms with Crippen LogP contribution in [0.25, 0.3) is 0 Å². The van der Waals surface area contributed by atoms with Gasteiger partial charge in [-0.1, -0.05) is 44.0 Å². The summed E-state index contributed by atoms with van der Waals surface area (Å²) in [6.07, 6.45) is 0.576. The monoisotopic (exact) mass is 464 g/mol. The molecule has 1 heterocycles. The summed E-state index contributed by atoms with van der Waals surface area (Å²) in [5.41, 5.74) is 4.76. The molecule has 0 aliphatic carbocycles. The quantitative estimate of drug-likeness (QED) is 0.501. The van der Waals surface area contributed by atoms with Gasteiger partial charge in [0.1, 0.15) is 17.6 Å². The fourth-order valence-corrected chi connectivity index (χ4v) is 4.40. The van der Waals surface area contributed by atoms with Gasteiger partial charge in [0.15, 0.2) is 0 Å². The minimum Gasteiger partial charge on any atom is -0.507 e. The van der Waals surface area contributed by atoms with Crippen LogP contribution >= 0.6 is 11.6 Å². The summed E-state index contributed by atoms with van der Waals surface area (Å²) in [7, 11) is -3.75. The second-order valence-corrected chi connectivity index (χ2v) is 9.10. The van der Waals surface area contributed by atoms with Crippen molar-refractivity contribution in [2.24, 2.45) is 10.9 Å². The number of carbonyl (C=O) groups excluding carboxylic acids is 2. The van der Waals surface area contributed by atoms with Crippen molar-refractivity contribution >= 4 is 39.3 Å². The predicted octanol–water partition coefficient (Wildman–Crippen LogP) is 1.96. The Morgan fingerprint density at radius 1 is 1.19 bits per heavy atom. The number of amides is 2. The molecule has 0 aromatic heterocycles. The number of hydrogen-bond acceptors (Lipinski definition) is 6. The predicted molar refractivity (Wildman–Crippen MR) is 115 cm³/mol. The number of nitrogens with one attached hydrogen (secondary N) is 3. The minimum atomic E-state index is -3.75. The summed E-state index contributed by atoms with van der Waals surface area (Å²) in [5, 5.41) is 10.1. The van der Waals surface area contributed by atoms with Gasteiger partial charge in [0, 0.05) is 10.6 Å².